The van der Waals surface area contributed by atoms with E-state index in [1.54, 1.807) is 34.9 Å². The molecule has 2 aliphatic rings. The van der Waals surface area contributed by atoms with Crippen LogP contribution >= 0.6 is 11.8 Å². The fourth-order valence-corrected chi connectivity index (χ4v) is 4.75. The fourth-order valence-electron chi connectivity index (χ4n) is 3.32. The maximum Gasteiger partial charge on any atom is 0.256 e. The Morgan fingerprint density at radius 3 is 2.48 bits per heavy atom. The molecular weight excluding hydrogens is 363 g/mol. The van der Waals surface area contributed by atoms with Crippen molar-refractivity contribution in [1.82, 2.24) is 10.2 Å². The van der Waals surface area contributed by atoms with E-state index in [4.69, 9.17) is 0 Å². The minimum atomic E-state index is -0.530. The van der Waals surface area contributed by atoms with Crippen LogP contribution in [0.1, 0.15) is 39.7 Å². The zero-order chi connectivity index (χ0) is 19.0. The van der Waals surface area contributed by atoms with Crippen molar-refractivity contribution in [2.45, 2.75) is 37.2 Å². The van der Waals surface area contributed by atoms with Crippen LogP contribution in [0.5, 0.6) is 0 Å². The van der Waals surface area contributed by atoms with Gasteiger partial charge in [0.05, 0.1) is 0 Å². The van der Waals surface area contributed by atoms with Crippen LogP contribution in [-0.2, 0) is 4.79 Å². The van der Waals surface area contributed by atoms with Gasteiger partial charge in [0.25, 0.3) is 5.91 Å². The van der Waals surface area contributed by atoms with E-state index in [2.05, 4.69) is 5.32 Å². The normalized spacial score (nSPS) is 21.9. The molecule has 27 heavy (non-hydrogen) atoms. The first kappa shape index (κ1) is 18.0. The molecular formula is C21H21FN2O2S. The Morgan fingerprint density at radius 2 is 1.81 bits per heavy atom. The van der Waals surface area contributed by atoms with Crippen molar-refractivity contribution in [2.75, 3.05) is 5.75 Å². The van der Waals surface area contributed by atoms with Crippen molar-refractivity contribution in [3.05, 3.63) is 71.0 Å². The molecule has 6 heteroatoms. The average Bonchev–Trinajstić information content (AvgIpc) is 3.36. The topological polar surface area (TPSA) is 49.4 Å². The second-order valence-electron chi connectivity index (χ2n) is 7.06. The third-order valence-corrected chi connectivity index (χ3v) is 6.32. The minimum Gasteiger partial charge on any atom is -0.352 e. The molecule has 2 aromatic rings. The smallest absolute Gasteiger partial charge is 0.256 e. The summed E-state index contributed by atoms with van der Waals surface area (Å²) in [6, 6.07) is 13.3. The molecule has 1 N–H and O–H groups in total. The number of carbonyl (C=O) groups is 2. The molecule has 2 fully saturated rings. The van der Waals surface area contributed by atoms with Crippen LogP contribution in [0.25, 0.3) is 0 Å². The van der Waals surface area contributed by atoms with Gasteiger partial charge < -0.3 is 10.2 Å². The Balaban J connectivity index is 1.68. The quantitative estimate of drug-likeness (QED) is 0.875. The molecule has 1 saturated carbocycles. The van der Waals surface area contributed by atoms with Gasteiger partial charge in [-0.1, -0.05) is 30.3 Å². The van der Waals surface area contributed by atoms with Gasteiger partial charge in [-0.05, 0) is 49.1 Å². The number of amides is 2. The number of thioether (sulfide) groups is 1. The molecule has 0 radical (unpaired) electrons. The van der Waals surface area contributed by atoms with Gasteiger partial charge in [0.15, 0.2) is 0 Å². The highest BCUT2D eigenvalue weighted by atomic mass is 32.2. The molecule has 4 rings (SSSR count). The van der Waals surface area contributed by atoms with Crippen molar-refractivity contribution >= 4 is 23.6 Å². The highest BCUT2D eigenvalue weighted by Gasteiger charge is 2.43. The van der Waals surface area contributed by atoms with Crippen LogP contribution < -0.4 is 5.32 Å². The maximum atomic E-state index is 13.4. The van der Waals surface area contributed by atoms with Crippen LogP contribution in [0.4, 0.5) is 4.39 Å². The summed E-state index contributed by atoms with van der Waals surface area (Å²) < 4.78 is 13.4. The van der Waals surface area contributed by atoms with E-state index < -0.39 is 6.04 Å². The first-order chi connectivity index (χ1) is 13.0. The molecule has 1 heterocycles. The molecule has 0 spiro atoms. The van der Waals surface area contributed by atoms with Crippen LogP contribution in [0.15, 0.2) is 48.5 Å². The number of nitrogens with one attached hydrogen (secondary N) is 1. The van der Waals surface area contributed by atoms with Crippen molar-refractivity contribution < 1.29 is 14.0 Å². The fraction of sp³-hybridized carbons (Fsp3) is 0.333. The second kappa shape index (κ2) is 7.35. The highest BCUT2D eigenvalue weighted by Crippen LogP contribution is 2.42. The van der Waals surface area contributed by atoms with E-state index in [1.807, 2.05) is 25.1 Å². The average molecular weight is 384 g/mol. The lowest BCUT2D eigenvalue weighted by Gasteiger charge is -2.29. The van der Waals surface area contributed by atoms with Gasteiger partial charge in [-0.15, -0.1) is 11.8 Å². The number of benzene rings is 2. The van der Waals surface area contributed by atoms with Crippen molar-refractivity contribution in [3.63, 3.8) is 0 Å². The van der Waals surface area contributed by atoms with Gasteiger partial charge in [-0.2, -0.15) is 0 Å². The first-order valence-electron chi connectivity index (χ1n) is 9.10. The lowest BCUT2D eigenvalue weighted by atomic mass is 10.1. The molecule has 0 aromatic heterocycles. The molecule has 2 amide bonds. The molecule has 4 nitrogen and oxygen atoms in total. The predicted octanol–water partition coefficient (Wildman–Crippen LogP) is 3.67. The molecule has 2 atom stereocenters. The summed E-state index contributed by atoms with van der Waals surface area (Å²) in [6.07, 6.45) is 2.00. The summed E-state index contributed by atoms with van der Waals surface area (Å²) in [5.41, 5.74) is 2.29. The Hall–Kier alpha value is -2.34. The maximum absolute atomic E-state index is 13.4. The number of rotatable bonds is 4. The van der Waals surface area contributed by atoms with E-state index in [1.165, 1.54) is 12.1 Å². The van der Waals surface area contributed by atoms with Gasteiger partial charge in [0.1, 0.15) is 17.2 Å². The zero-order valence-corrected chi connectivity index (χ0v) is 15.8. The number of hydrogen-bond acceptors (Lipinski definition) is 3. The molecule has 2 aromatic carbocycles. The van der Waals surface area contributed by atoms with Crippen LogP contribution in [0.3, 0.4) is 0 Å². The van der Waals surface area contributed by atoms with Gasteiger partial charge >= 0.3 is 0 Å². The van der Waals surface area contributed by atoms with Gasteiger partial charge in [-0.25, -0.2) is 4.39 Å². The first-order valence-corrected chi connectivity index (χ1v) is 10.1. The number of hydrogen-bond donors (Lipinski definition) is 1. The van der Waals surface area contributed by atoms with Crippen LogP contribution in [0, 0.1) is 12.7 Å². The van der Waals surface area contributed by atoms with Gasteiger partial charge in [0, 0.05) is 17.4 Å². The third kappa shape index (κ3) is 3.72. The standard InChI is InChI=1S/C21H21FN2O2S/c1-13-4-2-3-5-17(13)20(26)24-18(19(25)23-16-10-11-16)12-27-21(24)14-6-8-15(22)9-7-14/h2-9,16,18,21H,10-12H2,1H3,(H,23,25). The van der Waals surface area contributed by atoms with E-state index in [9.17, 15) is 14.0 Å². The Kier molecular flexibility index (Phi) is 4.91. The molecule has 140 valence electrons. The van der Waals surface area contributed by atoms with E-state index in [-0.39, 0.29) is 29.0 Å². The lowest BCUT2D eigenvalue weighted by Crippen LogP contribution is -2.48. The summed E-state index contributed by atoms with van der Waals surface area (Å²) in [5.74, 6) is -0.0560. The lowest BCUT2D eigenvalue weighted by molar-refractivity contribution is -0.125. The van der Waals surface area contributed by atoms with Crippen LogP contribution in [0.2, 0.25) is 0 Å². The number of nitrogens with zero attached hydrogens (tertiary/aromatic N) is 1. The monoisotopic (exact) mass is 384 g/mol. The van der Waals surface area contributed by atoms with E-state index in [0.29, 0.717) is 11.3 Å². The molecule has 1 saturated heterocycles. The number of aryl methyl sites for hydroxylation is 1. The van der Waals surface area contributed by atoms with Crippen molar-refractivity contribution in [2.24, 2.45) is 0 Å². The van der Waals surface area contributed by atoms with E-state index in [0.717, 1.165) is 24.0 Å². The Bertz CT molecular complexity index is 867. The molecule has 1 aliphatic carbocycles. The Morgan fingerprint density at radius 1 is 1.11 bits per heavy atom. The number of carbonyl (C=O) groups excluding carboxylic acids is 2. The SMILES string of the molecule is Cc1ccccc1C(=O)N1C(C(=O)NC2CC2)CSC1c1ccc(F)cc1. The van der Waals surface area contributed by atoms with Gasteiger partial charge in [0.2, 0.25) is 5.91 Å². The summed E-state index contributed by atoms with van der Waals surface area (Å²) in [7, 11) is 0. The van der Waals surface area contributed by atoms with E-state index >= 15 is 0 Å². The second-order valence-corrected chi connectivity index (χ2v) is 8.18. The molecule has 1 aliphatic heterocycles. The van der Waals surface area contributed by atoms with Gasteiger partial charge in [-0.3, -0.25) is 9.59 Å². The minimum absolute atomic E-state index is 0.100. The molecule has 0 bridgehead atoms. The highest BCUT2D eigenvalue weighted by molar-refractivity contribution is 7.99. The summed E-state index contributed by atoms with van der Waals surface area (Å²) in [4.78, 5) is 27.8. The Labute approximate surface area is 162 Å². The third-order valence-electron chi connectivity index (χ3n) is 4.99. The predicted molar refractivity (Wildman–Crippen MR) is 104 cm³/mol. The molecule has 2 unspecified atom stereocenters. The number of halogens is 1. The van der Waals surface area contributed by atoms with Crippen LogP contribution in [-0.4, -0.2) is 34.6 Å². The summed E-state index contributed by atoms with van der Waals surface area (Å²) >= 11 is 1.54. The van der Waals surface area contributed by atoms with Crippen molar-refractivity contribution in [3.8, 4) is 0 Å². The van der Waals surface area contributed by atoms with Crippen molar-refractivity contribution in [1.29, 1.82) is 0 Å². The largest absolute Gasteiger partial charge is 0.352 e. The zero-order valence-electron chi connectivity index (χ0n) is 15.0. The summed E-state index contributed by atoms with van der Waals surface area (Å²) in [5, 5.41) is 2.71. The summed E-state index contributed by atoms with van der Waals surface area (Å²) in [6.45, 7) is 1.89.